The molecule has 0 spiro atoms. The van der Waals surface area contributed by atoms with Gasteiger partial charge in [0.15, 0.2) is 5.13 Å². The zero-order chi connectivity index (χ0) is 14.1. The summed E-state index contributed by atoms with van der Waals surface area (Å²) in [5, 5.41) is 3.49. The average Bonchev–Trinajstić information content (AvgIpc) is 2.81. The number of carbonyl (C=O) groups excluding carboxylic acids is 1. The first kappa shape index (κ1) is 12.8. The van der Waals surface area contributed by atoms with Gasteiger partial charge in [-0.3, -0.25) is 10.1 Å². The van der Waals surface area contributed by atoms with Crippen LogP contribution >= 0.6 is 11.3 Å². The smallest absolute Gasteiger partial charge is 0.257 e. The number of rotatable bonds is 2. The second-order valence-corrected chi connectivity index (χ2v) is 5.77. The number of hydrogen-bond donors (Lipinski definition) is 1. The number of nitrogens with one attached hydrogen (secondary N) is 1. The molecule has 100 valence electrons. The van der Waals surface area contributed by atoms with Gasteiger partial charge in [0.1, 0.15) is 0 Å². The quantitative estimate of drug-likeness (QED) is 0.766. The summed E-state index contributed by atoms with van der Waals surface area (Å²) in [6.45, 7) is 4.15. The first-order valence-electron chi connectivity index (χ1n) is 6.37. The molecule has 0 saturated carbocycles. The minimum absolute atomic E-state index is 0.127. The van der Waals surface area contributed by atoms with Crippen molar-refractivity contribution in [2.24, 2.45) is 0 Å². The molecule has 0 atom stereocenters. The van der Waals surface area contributed by atoms with E-state index in [1.807, 2.05) is 18.2 Å². The molecule has 0 saturated heterocycles. The number of thiazole rings is 1. The largest absolute Gasteiger partial charge is 0.298 e. The summed E-state index contributed by atoms with van der Waals surface area (Å²) in [7, 11) is 0. The maximum Gasteiger partial charge on any atom is 0.257 e. The van der Waals surface area contributed by atoms with Crippen LogP contribution < -0.4 is 5.32 Å². The maximum absolute atomic E-state index is 12.1. The Hall–Kier alpha value is -2.20. The summed E-state index contributed by atoms with van der Waals surface area (Å²) in [6, 6.07) is 13.3. The zero-order valence-corrected chi connectivity index (χ0v) is 12.1. The Morgan fingerprint density at radius 1 is 1.10 bits per heavy atom. The highest BCUT2D eigenvalue weighted by molar-refractivity contribution is 7.22. The highest BCUT2D eigenvalue weighted by atomic mass is 32.1. The molecule has 2 aromatic carbocycles. The molecule has 0 unspecified atom stereocenters. The summed E-state index contributed by atoms with van der Waals surface area (Å²) in [5.41, 5.74) is 4.02. The van der Waals surface area contributed by atoms with Crippen LogP contribution in [0.2, 0.25) is 0 Å². The van der Waals surface area contributed by atoms with Gasteiger partial charge >= 0.3 is 0 Å². The Morgan fingerprint density at radius 3 is 2.55 bits per heavy atom. The van der Waals surface area contributed by atoms with Crippen molar-refractivity contribution in [3.8, 4) is 0 Å². The van der Waals surface area contributed by atoms with E-state index in [4.69, 9.17) is 0 Å². The molecule has 3 aromatic rings. The summed E-state index contributed by atoms with van der Waals surface area (Å²) in [6.07, 6.45) is 0. The van der Waals surface area contributed by atoms with Gasteiger partial charge in [0.2, 0.25) is 0 Å². The topological polar surface area (TPSA) is 42.0 Å². The van der Waals surface area contributed by atoms with Crippen LogP contribution in [0.4, 0.5) is 5.13 Å². The molecule has 3 rings (SSSR count). The minimum atomic E-state index is -0.127. The van der Waals surface area contributed by atoms with Crippen LogP contribution in [-0.4, -0.2) is 10.9 Å². The number of benzene rings is 2. The van der Waals surface area contributed by atoms with Crippen LogP contribution in [-0.2, 0) is 0 Å². The fourth-order valence-corrected chi connectivity index (χ4v) is 2.93. The first-order valence-corrected chi connectivity index (χ1v) is 7.19. The SMILES string of the molecule is Cc1cc2nc(NC(=O)c3ccccc3)sc2cc1C. The van der Waals surface area contributed by atoms with Crippen LogP contribution in [0.5, 0.6) is 0 Å². The van der Waals surface area contributed by atoms with E-state index in [0.29, 0.717) is 10.7 Å². The second-order valence-electron chi connectivity index (χ2n) is 4.74. The second kappa shape index (κ2) is 5.06. The van der Waals surface area contributed by atoms with Crippen molar-refractivity contribution in [3.63, 3.8) is 0 Å². The van der Waals surface area contributed by atoms with Gasteiger partial charge in [0.25, 0.3) is 5.91 Å². The number of hydrogen-bond acceptors (Lipinski definition) is 3. The molecule has 3 nitrogen and oxygen atoms in total. The molecule has 1 aromatic heterocycles. The number of amides is 1. The molecule has 0 radical (unpaired) electrons. The fourth-order valence-electron chi connectivity index (χ4n) is 1.99. The van der Waals surface area contributed by atoms with Crippen LogP contribution in [0.3, 0.4) is 0 Å². The lowest BCUT2D eigenvalue weighted by Crippen LogP contribution is -2.11. The van der Waals surface area contributed by atoms with Gasteiger partial charge < -0.3 is 0 Å². The van der Waals surface area contributed by atoms with Crippen molar-refractivity contribution in [2.45, 2.75) is 13.8 Å². The average molecular weight is 282 g/mol. The van der Waals surface area contributed by atoms with Gasteiger partial charge in [-0.25, -0.2) is 4.98 Å². The highest BCUT2D eigenvalue weighted by Crippen LogP contribution is 2.28. The van der Waals surface area contributed by atoms with E-state index in [1.54, 1.807) is 12.1 Å². The van der Waals surface area contributed by atoms with Gasteiger partial charge in [0.05, 0.1) is 10.2 Å². The number of anilines is 1. The molecule has 0 aliphatic carbocycles. The predicted molar refractivity (Wildman–Crippen MR) is 83.5 cm³/mol. The molecule has 0 aliphatic rings. The van der Waals surface area contributed by atoms with Crippen LogP contribution in [0.1, 0.15) is 21.5 Å². The van der Waals surface area contributed by atoms with E-state index >= 15 is 0 Å². The molecule has 1 amide bonds. The Kier molecular flexibility index (Phi) is 3.24. The van der Waals surface area contributed by atoms with E-state index in [2.05, 4.69) is 36.3 Å². The number of nitrogens with zero attached hydrogens (tertiary/aromatic N) is 1. The number of fused-ring (bicyclic) bond motifs is 1. The van der Waals surface area contributed by atoms with Gasteiger partial charge in [-0.15, -0.1) is 0 Å². The van der Waals surface area contributed by atoms with Crippen LogP contribution in [0.15, 0.2) is 42.5 Å². The van der Waals surface area contributed by atoms with Gasteiger partial charge in [0, 0.05) is 5.56 Å². The van der Waals surface area contributed by atoms with E-state index in [1.165, 1.54) is 22.5 Å². The van der Waals surface area contributed by atoms with Crippen molar-refractivity contribution >= 4 is 32.6 Å². The molecule has 1 heterocycles. The Labute approximate surface area is 121 Å². The Balaban J connectivity index is 1.90. The monoisotopic (exact) mass is 282 g/mol. The fraction of sp³-hybridized carbons (Fsp3) is 0.125. The molecular weight excluding hydrogens is 268 g/mol. The normalized spacial score (nSPS) is 10.7. The lowest BCUT2D eigenvalue weighted by atomic mass is 10.1. The summed E-state index contributed by atoms with van der Waals surface area (Å²) < 4.78 is 1.09. The molecule has 1 N–H and O–H groups in total. The molecule has 0 aliphatic heterocycles. The first-order chi connectivity index (χ1) is 9.63. The lowest BCUT2D eigenvalue weighted by molar-refractivity contribution is 0.102. The number of aromatic nitrogens is 1. The number of carbonyl (C=O) groups is 1. The third-order valence-corrected chi connectivity index (χ3v) is 4.19. The third kappa shape index (κ3) is 2.42. The lowest BCUT2D eigenvalue weighted by Gasteiger charge is -2.00. The Morgan fingerprint density at radius 2 is 1.80 bits per heavy atom. The predicted octanol–water partition coefficient (Wildman–Crippen LogP) is 4.17. The van der Waals surface area contributed by atoms with Crippen LogP contribution in [0, 0.1) is 13.8 Å². The maximum atomic E-state index is 12.1. The van der Waals surface area contributed by atoms with Gasteiger partial charge in [-0.1, -0.05) is 29.5 Å². The van der Waals surface area contributed by atoms with Crippen molar-refractivity contribution in [1.29, 1.82) is 0 Å². The Bertz CT molecular complexity index is 739. The van der Waals surface area contributed by atoms with E-state index in [-0.39, 0.29) is 5.91 Å². The minimum Gasteiger partial charge on any atom is -0.298 e. The molecule has 0 fully saturated rings. The summed E-state index contributed by atoms with van der Waals surface area (Å²) in [4.78, 5) is 16.5. The highest BCUT2D eigenvalue weighted by Gasteiger charge is 2.10. The van der Waals surface area contributed by atoms with Crippen molar-refractivity contribution < 1.29 is 4.79 Å². The van der Waals surface area contributed by atoms with Crippen molar-refractivity contribution in [3.05, 3.63) is 59.2 Å². The van der Waals surface area contributed by atoms with Crippen molar-refractivity contribution in [2.75, 3.05) is 5.32 Å². The molecule has 20 heavy (non-hydrogen) atoms. The van der Waals surface area contributed by atoms with E-state index in [0.717, 1.165) is 10.2 Å². The van der Waals surface area contributed by atoms with E-state index in [9.17, 15) is 4.79 Å². The van der Waals surface area contributed by atoms with Gasteiger partial charge in [-0.2, -0.15) is 0 Å². The van der Waals surface area contributed by atoms with E-state index < -0.39 is 0 Å². The summed E-state index contributed by atoms with van der Waals surface area (Å²) >= 11 is 1.50. The number of aryl methyl sites for hydroxylation is 2. The molecular formula is C16H14N2OS. The van der Waals surface area contributed by atoms with Crippen LogP contribution in [0.25, 0.3) is 10.2 Å². The molecule has 4 heteroatoms. The van der Waals surface area contributed by atoms with Gasteiger partial charge in [-0.05, 0) is 49.2 Å². The zero-order valence-electron chi connectivity index (χ0n) is 11.3. The summed E-state index contributed by atoms with van der Waals surface area (Å²) in [5.74, 6) is -0.127. The molecule has 0 bridgehead atoms. The third-order valence-electron chi connectivity index (χ3n) is 3.26. The standard InChI is InChI=1S/C16H14N2OS/c1-10-8-13-14(9-11(10)2)20-16(17-13)18-15(19)12-6-4-3-5-7-12/h3-9H,1-2H3,(H,17,18,19). The van der Waals surface area contributed by atoms with Crippen molar-refractivity contribution in [1.82, 2.24) is 4.98 Å².